The molecule has 1 aliphatic heterocycles. The summed E-state index contributed by atoms with van der Waals surface area (Å²) in [6, 6.07) is 11.0. The number of benzene rings is 1. The monoisotopic (exact) mass is 410 g/mol. The van der Waals surface area contributed by atoms with Gasteiger partial charge in [-0.15, -0.1) is 11.3 Å². The summed E-state index contributed by atoms with van der Waals surface area (Å²) in [6.07, 6.45) is 3.74. The summed E-state index contributed by atoms with van der Waals surface area (Å²) in [6.45, 7) is 1.54. The average Bonchev–Trinajstić information content (AvgIpc) is 3.45. The average molecular weight is 410 g/mol. The van der Waals surface area contributed by atoms with Crippen molar-refractivity contribution in [2.45, 2.75) is 32.1 Å². The second kappa shape index (κ2) is 9.00. The van der Waals surface area contributed by atoms with Crippen LogP contribution in [0.25, 0.3) is 10.7 Å². The summed E-state index contributed by atoms with van der Waals surface area (Å²) < 4.78 is 5.24. The van der Waals surface area contributed by atoms with Crippen molar-refractivity contribution in [2.75, 3.05) is 18.4 Å². The van der Waals surface area contributed by atoms with Crippen LogP contribution in [0.3, 0.4) is 0 Å². The van der Waals surface area contributed by atoms with Crippen molar-refractivity contribution in [3.05, 3.63) is 53.2 Å². The van der Waals surface area contributed by atoms with E-state index in [0.717, 1.165) is 37.2 Å². The van der Waals surface area contributed by atoms with E-state index in [1.165, 1.54) is 11.3 Å². The van der Waals surface area contributed by atoms with E-state index >= 15 is 0 Å². The lowest BCUT2D eigenvalue weighted by atomic mass is 10.1. The predicted octanol–water partition coefficient (Wildman–Crippen LogP) is 4.00. The van der Waals surface area contributed by atoms with Crippen molar-refractivity contribution in [2.24, 2.45) is 0 Å². The number of carbonyl (C=O) groups excluding carboxylic acids is 2. The predicted molar refractivity (Wildman–Crippen MR) is 111 cm³/mol. The maximum atomic E-state index is 12.8. The maximum absolute atomic E-state index is 12.8. The van der Waals surface area contributed by atoms with Gasteiger partial charge in [0, 0.05) is 25.9 Å². The Balaban J connectivity index is 1.37. The Morgan fingerprint density at radius 1 is 1.10 bits per heavy atom. The minimum Gasteiger partial charge on any atom is -0.339 e. The van der Waals surface area contributed by atoms with Gasteiger partial charge in [-0.3, -0.25) is 9.59 Å². The second-order valence-electron chi connectivity index (χ2n) is 6.94. The Morgan fingerprint density at radius 2 is 1.93 bits per heavy atom. The molecule has 3 aromatic rings. The molecule has 3 heterocycles. The van der Waals surface area contributed by atoms with Crippen molar-refractivity contribution in [1.82, 2.24) is 15.0 Å². The van der Waals surface area contributed by atoms with Crippen molar-refractivity contribution < 1.29 is 14.1 Å². The van der Waals surface area contributed by atoms with Crippen molar-refractivity contribution in [3.8, 4) is 10.7 Å². The van der Waals surface area contributed by atoms with Gasteiger partial charge in [-0.1, -0.05) is 23.4 Å². The maximum Gasteiger partial charge on any atom is 0.255 e. The van der Waals surface area contributed by atoms with Gasteiger partial charge in [-0.25, -0.2) is 0 Å². The highest BCUT2D eigenvalue weighted by atomic mass is 32.1. The zero-order valence-corrected chi connectivity index (χ0v) is 16.8. The van der Waals surface area contributed by atoms with Gasteiger partial charge < -0.3 is 14.7 Å². The van der Waals surface area contributed by atoms with Gasteiger partial charge in [0.2, 0.25) is 17.6 Å². The Kier molecular flexibility index (Phi) is 6.00. The number of amides is 2. The number of carbonyl (C=O) groups is 2. The van der Waals surface area contributed by atoms with E-state index in [-0.39, 0.29) is 18.2 Å². The summed E-state index contributed by atoms with van der Waals surface area (Å²) in [5.41, 5.74) is 1.07. The molecule has 0 atom stereocenters. The third-order valence-corrected chi connectivity index (χ3v) is 5.72. The van der Waals surface area contributed by atoms with Gasteiger partial charge in [0.15, 0.2) is 0 Å². The first-order chi connectivity index (χ1) is 14.2. The SMILES string of the molecule is O=C(CCc1nc(-c2cccs2)no1)Nc1ccccc1C(=O)N1CCCCC1. The van der Waals surface area contributed by atoms with E-state index in [9.17, 15) is 9.59 Å². The number of nitrogens with zero attached hydrogens (tertiary/aromatic N) is 3. The zero-order chi connectivity index (χ0) is 20.1. The number of aryl methyl sites for hydroxylation is 1. The van der Waals surface area contributed by atoms with E-state index in [1.54, 1.807) is 12.1 Å². The van der Waals surface area contributed by atoms with Gasteiger partial charge >= 0.3 is 0 Å². The number of aromatic nitrogens is 2. The number of rotatable bonds is 6. The standard InChI is InChI=1S/C21H22N4O3S/c26-18(10-11-19-23-20(24-28-19)17-9-6-14-29-17)22-16-8-3-2-7-15(16)21(27)25-12-4-1-5-13-25/h2-3,6-9,14H,1,4-5,10-13H2,(H,22,26). The summed E-state index contributed by atoms with van der Waals surface area (Å²) >= 11 is 1.53. The van der Waals surface area contributed by atoms with Crippen LogP contribution in [0, 0.1) is 0 Å². The summed E-state index contributed by atoms with van der Waals surface area (Å²) in [4.78, 5) is 32.4. The molecule has 0 radical (unpaired) electrons. The molecule has 4 rings (SSSR count). The molecule has 1 N–H and O–H groups in total. The lowest BCUT2D eigenvalue weighted by Gasteiger charge is -2.27. The first kappa shape index (κ1) is 19.3. The van der Waals surface area contributed by atoms with Crippen molar-refractivity contribution >= 4 is 28.8 Å². The lowest BCUT2D eigenvalue weighted by Crippen LogP contribution is -2.36. The number of anilines is 1. The van der Waals surface area contributed by atoms with E-state index in [2.05, 4.69) is 15.5 Å². The van der Waals surface area contributed by atoms with Crippen LogP contribution in [0.1, 0.15) is 41.9 Å². The number of hydrogen-bond acceptors (Lipinski definition) is 6. The molecular weight excluding hydrogens is 388 g/mol. The van der Waals surface area contributed by atoms with Crippen LogP contribution in [0.2, 0.25) is 0 Å². The van der Waals surface area contributed by atoms with Gasteiger partial charge in [0.05, 0.1) is 16.1 Å². The van der Waals surface area contributed by atoms with Gasteiger partial charge in [0.25, 0.3) is 5.91 Å². The van der Waals surface area contributed by atoms with E-state index in [1.807, 2.05) is 34.5 Å². The molecule has 2 amide bonds. The van der Waals surface area contributed by atoms with E-state index in [0.29, 0.717) is 29.4 Å². The molecule has 0 aliphatic carbocycles. The van der Waals surface area contributed by atoms with Crippen LogP contribution >= 0.6 is 11.3 Å². The molecule has 0 spiro atoms. The molecule has 150 valence electrons. The van der Waals surface area contributed by atoms with Crippen LogP contribution < -0.4 is 5.32 Å². The summed E-state index contributed by atoms with van der Waals surface area (Å²) in [5, 5.41) is 8.76. The van der Waals surface area contributed by atoms with Crippen LogP contribution in [0.4, 0.5) is 5.69 Å². The smallest absolute Gasteiger partial charge is 0.255 e. The van der Waals surface area contributed by atoms with E-state index < -0.39 is 0 Å². The molecule has 8 heteroatoms. The molecule has 1 fully saturated rings. The fourth-order valence-corrected chi connectivity index (χ4v) is 3.99. The van der Waals surface area contributed by atoms with Crippen molar-refractivity contribution in [3.63, 3.8) is 0 Å². The highest BCUT2D eigenvalue weighted by molar-refractivity contribution is 7.13. The largest absolute Gasteiger partial charge is 0.339 e. The number of nitrogens with one attached hydrogen (secondary N) is 1. The lowest BCUT2D eigenvalue weighted by molar-refractivity contribution is -0.116. The fourth-order valence-electron chi connectivity index (χ4n) is 3.34. The van der Waals surface area contributed by atoms with Crippen molar-refractivity contribution in [1.29, 1.82) is 0 Å². The molecule has 1 aliphatic rings. The number of thiophene rings is 1. The molecule has 2 aromatic heterocycles. The van der Waals surface area contributed by atoms with Gasteiger partial charge in [-0.2, -0.15) is 4.98 Å². The van der Waals surface area contributed by atoms with Crippen LogP contribution in [0.5, 0.6) is 0 Å². The van der Waals surface area contributed by atoms with Gasteiger partial charge in [-0.05, 0) is 42.8 Å². The molecule has 0 unspecified atom stereocenters. The van der Waals surface area contributed by atoms with E-state index in [4.69, 9.17) is 4.52 Å². The minimum atomic E-state index is -0.195. The quantitative estimate of drug-likeness (QED) is 0.664. The number of para-hydroxylation sites is 1. The minimum absolute atomic E-state index is 0.0295. The Hall–Kier alpha value is -3.00. The Bertz CT molecular complexity index is 977. The molecule has 1 saturated heterocycles. The molecular formula is C21H22N4O3S. The summed E-state index contributed by atoms with van der Waals surface area (Å²) in [7, 11) is 0. The number of piperidine rings is 1. The fraction of sp³-hybridized carbons (Fsp3) is 0.333. The molecule has 1 aromatic carbocycles. The third-order valence-electron chi connectivity index (χ3n) is 4.85. The van der Waals surface area contributed by atoms with Crippen LogP contribution in [0.15, 0.2) is 46.3 Å². The number of hydrogen-bond donors (Lipinski definition) is 1. The first-order valence-electron chi connectivity index (χ1n) is 9.75. The normalized spacial score (nSPS) is 14.0. The molecule has 0 saturated carbocycles. The molecule has 0 bridgehead atoms. The van der Waals surface area contributed by atoms with Crippen LogP contribution in [-0.2, 0) is 11.2 Å². The Labute approximate surface area is 172 Å². The van der Waals surface area contributed by atoms with Gasteiger partial charge in [0.1, 0.15) is 0 Å². The highest BCUT2D eigenvalue weighted by Gasteiger charge is 2.21. The van der Waals surface area contributed by atoms with Crippen LogP contribution in [-0.4, -0.2) is 39.9 Å². The topological polar surface area (TPSA) is 88.3 Å². The summed E-state index contributed by atoms with van der Waals surface area (Å²) in [5.74, 6) is 0.729. The highest BCUT2D eigenvalue weighted by Crippen LogP contribution is 2.22. The first-order valence-corrected chi connectivity index (χ1v) is 10.6. The Morgan fingerprint density at radius 3 is 2.72 bits per heavy atom. The third kappa shape index (κ3) is 4.71. The number of likely N-dealkylation sites (tertiary alicyclic amines) is 1. The zero-order valence-electron chi connectivity index (χ0n) is 16.0. The molecule has 29 heavy (non-hydrogen) atoms. The second-order valence-corrected chi connectivity index (χ2v) is 7.88. The molecule has 7 nitrogen and oxygen atoms in total.